The van der Waals surface area contributed by atoms with Gasteiger partial charge in [0.1, 0.15) is 0 Å². The molecule has 2 aliphatic heterocycles. The van der Waals surface area contributed by atoms with E-state index >= 15 is 0 Å². The van der Waals surface area contributed by atoms with Crippen LogP contribution in [0.3, 0.4) is 0 Å². The average Bonchev–Trinajstić information content (AvgIpc) is 2.72. The van der Waals surface area contributed by atoms with Crippen LogP contribution in [0, 0.1) is 0 Å². The summed E-state index contributed by atoms with van der Waals surface area (Å²) in [5, 5.41) is 3.41. The van der Waals surface area contributed by atoms with Crippen LogP contribution in [0.15, 0.2) is 12.1 Å². The molecule has 1 amide bonds. The number of benzene rings is 1. The third kappa shape index (κ3) is 1.88. The van der Waals surface area contributed by atoms with Gasteiger partial charge in [0.2, 0.25) is 0 Å². The zero-order valence-corrected chi connectivity index (χ0v) is 12.0. The maximum Gasteiger partial charge on any atom is 0.255 e. The molecular weight excluding hydrogens is 236 g/mol. The summed E-state index contributed by atoms with van der Waals surface area (Å²) in [5.41, 5.74) is 4.82. The lowest BCUT2D eigenvalue weighted by Crippen LogP contribution is -2.44. The Morgan fingerprint density at radius 3 is 2.89 bits per heavy atom. The summed E-state index contributed by atoms with van der Waals surface area (Å²) >= 11 is 0. The van der Waals surface area contributed by atoms with Gasteiger partial charge in [0.05, 0.1) is 6.04 Å². The Morgan fingerprint density at radius 2 is 2.21 bits per heavy atom. The van der Waals surface area contributed by atoms with Crippen molar-refractivity contribution in [3.8, 4) is 0 Å². The molecule has 3 heteroatoms. The van der Waals surface area contributed by atoms with Crippen molar-refractivity contribution in [2.75, 3.05) is 19.6 Å². The number of piperazine rings is 1. The van der Waals surface area contributed by atoms with Crippen molar-refractivity contribution in [1.29, 1.82) is 0 Å². The number of aryl methyl sites for hydroxylation is 1. The molecule has 3 rings (SSSR count). The van der Waals surface area contributed by atoms with E-state index in [1.807, 2.05) is 4.90 Å². The molecule has 0 spiro atoms. The molecule has 1 aromatic rings. The first kappa shape index (κ1) is 12.7. The Morgan fingerprint density at radius 1 is 1.42 bits per heavy atom. The number of carbonyl (C=O) groups excluding carboxylic acids is 1. The van der Waals surface area contributed by atoms with Crippen molar-refractivity contribution < 1.29 is 4.79 Å². The van der Waals surface area contributed by atoms with Crippen LogP contribution in [-0.4, -0.2) is 30.4 Å². The van der Waals surface area contributed by atoms with E-state index in [-0.39, 0.29) is 11.9 Å². The normalized spacial score (nSPS) is 21.8. The predicted octanol–water partition coefficient (Wildman–Crippen LogP) is 2.47. The fourth-order valence-corrected chi connectivity index (χ4v) is 3.29. The molecule has 3 nitrogen and oxygen atoms in total. The van der Waals surface area contributed by atoms with Crippen molar-refractivity contribution in [3.05, 3.63) is 34.4 Å². The standard InChI is InChI=1S/C16H22N2O/c1-4-11-7-12(10(2)3)15-13(8-11)14-9-17-5-6-18(14)16(15)19/h7-8,10,14,17H,4-6,9H2,1-3H3. The number of rotatable bonds is 2. The van der Waals surface area contributed by atoms with E-state index in [4.69, 9.17) is 0 Å². The van der Waals surface area contributed by atoms with Gasteiger partial charge >= 0.3 is 0 Å². The minimum atomic E-state index is 0.243. The molecule has 0 aliphatic carbocycles. The van der Waals surface area contributed by atoms with Crippen LogP contribution in [0.4, 0.5) is 0 Å². The summed E-state index contributed by atoms with van der Waals surface area (Å²) in [6, 6.07) is 4.73. The zero-order chi connectivity index (χ0) is 13.6. The quantitative estimate of drug-likeness (QED) is 0.884. The SMILES string of the molecule is CCc1cc(C(C)C)c2c(c1)C1CNCCN1C2=O. The summed E-state index contributed by atoms with van der Waals surface area (Å²) in [7, 11) is 0. The Hall–Kier alpha value is -1.35. The predicted molar refractivity (Wildman–Crippen MR) is 76.6 cm³/mol. The van der Waals surface area contributed by atoms with Gasteiger partial charge in [0.25, 0.3) is 5.91 Å². The van der Waals surface area contributed by atoms with Crippen LogP contribution in [0.2, 0.25) is 0 Å². The second-order valence-corrected chi connectivity index (χ2v) is 5.88. The Bertz CT molecular complexity index is 522. The van der Waals surface area contributed by atoms with E-state index in [1.54, 1.807) is 0 Å². The fraction of sp³-hybridized carbons (Fsp3) is 0.562. The van der Waals surface area contributed by atoms with Gasteiger partial charge in [-0.3, -0.25) is 4.79 Å². The van der Waals surface area contributed by atoms with Crippen LogP contribution in [-0.2, 0) is 6.42 Å². The van der Waals surface area contributed by atoms with E-state index in [0.29, 0.717) is 5.92 Å². The lowest BCUT2D eigenvalue weighted by Gasteiger charge is -2.30. The van der Waals surface area contributed by atoms with E-state index in [1.165, 1.54) is 16.7 Å². The summed E-state index contributed by atoms with van der Waals surface area (Å²) in [5.74, 6) is 0.645. The van der Waals surface area contributed by atoms with Crippen LogP contribution < -0.4 is 5.32 Å². The maximum atomic E-state index is 12.7. The Kier molecular flexibility index (Phi) is 3.09. The summed E-state index contributed by atoms with van der Waals surface area (Å²) in [4.78, 5) is 14.7. The topological polar surface area (TPSA) is 32.3 Å². The minimum Gasteiger partial charge on any atom is -0.329 e. The average molecular weight is 258 g/mol. The largest absolute Gasteiger partial charge is 0.329 e. The monoisotopic (exact) mass is 258 g/mol. The molecule has 1 atom stereocenters. The third-order valence-corrected chi connectivity index (χ3v) is 4.37. The Balaban J connectivity index is 2.17. The zero-order valence-electron chi connectivity index (χ0n) is 12.0. The lowest BCUT2D eigenvalue weighted by molar-refractivity contribution is 0.0690. The van der Waals surface area contributed by atoms with Gasteiger partial charge in [-0.25, -0.2) is 0 Å². The van der Waals surface area contributed by atoms with Gasteiger partial charge in [-0.2, -0.15) is 0 Å². The van der Waals surface area contributed by atoms with Gasteiger partial charge in [-0.15, -0.1) is 0 Å². The van der Waals surface area contributed by atoms with Crippen LogP contribution >= 0.6 is 0 Å². The molecule has 0 aromatic heterocycles. The number of amides is 1. The molecule has 19 heavy (non-hydrogen) atoms. The highest BCUT2D eigenvalue weighted by atomic mass is 16.2. The van der Waals surface area contributed by atoms with E-state index < -0.39 is 0 Å². The van der Waals surface area contributed by atoms with Gasteiger partial charge in [0.15, 0.2) is 0 Å². The third-order valence-electron chi connectivity index (χ3n) is 4.37. The number of nitrogens with zero attached hydrogens (tertiary/aromatic N) is 1. The molecule has 1 saturated heterocycles. The number of nitrogens with one attached hydrogen (secondary N) is 1. The molecular formula is C16H22N2O. The molecule has 1 unspecified atom stereocenters. The summed E-state index contributed by atoms with van der Waals surface area (Å²) in [6.07, 6.45) is 1.03. The van der Waals surface area contributed by atoms with E-state index in [2.05, 4.69) is 38.2 Å². The van der Waals surface area contributed by atoms with Crippen molar-refractivity contribution >= 4 is 5.91 Å². The van der Waals surface area contributed by atoms with Crippen LogP contribution in [0.1, 0.15) is 59.8 Å². The lowest BCUT2D eigenvalue weighted by atomic mass is 9.89. The van der Waals surface area contributed by atoms with Crippen molar-refractivity contribution in [2.24, 2.45) is 0 Å². The highest BCUT2D eigenvalue weighted by molar-refractivity contribution is 6.01. The number of hydrogen-bond donors (Lipinski definition) is 1. The van der Waals surface area contributed by atoms with Gasteiger partial charge in [-0.1, -0.05) is 32.9 Å². The number of fused-ring (bicyclic) bond motifs is 3. The van der Waals surface area contributed by atoms with Gasteiger partial charge in [0, 0.05) is 25.2 Å². The van der Waals surface area contributed by atoms with Gasteiger partial charge < -0.3 is 10.2 Å². The summed E-state index contributed by atoms with van der Waals surface area (Å²) < 4.78 is 0. The first-order valence-corrected chi connectivity index (χ1v) is 7.31. The number of hydrogen-bond acceptors (Lipinski definition) is 2. The first-order valence-electron chi connectivity index (χ1n) is 7.31. The maximum absolute atomic E-state index is 12.7. The van der Waals surface area contributed by atoms with Crippen molar-refractivity contribution in [3.63, 3.8) is 0 Å². The minimum absolute atomic E-state index is 0.243. The number of carbonyl (C=O) groups is 1. The molecule has 1 fully saturated rings. The van der Waals surface area contributed by atoms with Gasteiger partial charge in [-0.05, 0) is 29.0 Å². The van der Waals surface area contributed by atoms with Crippen LogP contribution in [0.25, 0.3) is 0 Å². The highest BCUT2D eigenvalue weighted by Crippen LogP contribution is 2.39. The molecule has 0 radical (unpaired) electrons. The fourth-order valence-electron chi connectivity index (χ4n) is 3.29. The molecule has 2 heterocycles. The van der Waals surface area contributed by atoms with E-state index in [9.17, 15) is 4.79 Å². The van der Waals surface area contributed by atoms with E-state index in [0.717, 1.165) is 31.6 Å². The molecule has 0 saturated carbocycles. The Labute approximate surface area is 115 Å². The smallest absolute Gasteiger partial charge is 0.255 e. The molecule has 0 bridgehead atoms. The second kappa shape index (κ2) is 4.64. The first-order chi connectivity index (χ1) is 9.13. The molecule has 1 aromatic carbocycles. The highest BCUT2D eigenvalue weighted by Gasteiger charge is 2.39. The summed E-state index contributed by atoms with van der Waals surface area (Å²) in [6.45, 7) is 9.17. The van der Waals surface area contributed by atoms with Crippen molar-refractivity contribution in [2.45, 2.75) is 39.2 Å². The van der Waals surface area contributed by atoms with Crippen molar-refractivity contribution in [1.82, 2.24) is 10.2 Å². The second-order valence-electron chi connectivity index (χ2n) is 5.88. The molecule has 2 aliphatic rings. The molecule has 102 valence electrons. The van der Waals surface area contributed by atoms with Crippen LogP contribution in [0.5, 0.6) is 0 Å². The molecule has 1 N–H and O–H groups in total.